The van der Waals surface area contributed by atoms with E-state index in [0.29, 0.717) is 17.7 Å². The molecule has 2 aromatic rings. The van der Waals surface area contributed by atoms with E-state index in [-0.39, 0.29) is 11.3 Å². The Bertz CT molecular complexity index is 775. The van der Waals surface area contributed by atoms with Gasteiger partial charge < -0.3 is 5.32 Å². The Balaban J connectivity index is 1.61. The van der Waals surface area contributed by atoms with Gasteiger partial charge in [-0.1, -0.05) is 34.1 Å². The predicted octanol–water partition coefficient (Wildman–Crippen LogP) is 4.07. The summed E-state index contributed by atoms with van der Waals surface area (Å²) in [6.45, 7) is 0.676. The molecule has 0 unspecified atom stereocenters. The summed E-state index contributed by atoms with van der Waals surface area (Å²) < 4.78 is 1.09. The maximum Gasteiger partial charge on any atom is 0.251 e. The number of carbonyl (C=O) groups is 1. The first-order valence-corrected chi connectivity index (χ1v) is 8.42. The van der Waals surface area contributed by atoms with Crippen LogP contribution < -0.4 is 5.32 Å². The summed E-state index contributed by atoms with van der Waals surface area (Å²) in [4.78, 5) is 12.3. The minimum absolute atomic E-state index is 0.109. The van der Waals surface area contributed by atoms with Gasteiger partial charge in [0.2, 0.25) is 0 Å². The molecule has 0 radical (unpaired) electrons. The van der Waals surface area contributed by atoms with E-state index in [1.807, 2.05) is 12.1 Å². The zero-order valence-electron chi connectivity index (χ0n) is 12.7. The van der Waals surface area contributed by atoms with Crippen LogP contribution in [0.4, 0.5) is 0 Å². The van der Waals surface area contributed by atoms with Gasteiger partial charge in [0.05, 0.1) is 11.6 Å². The van der Waals surface area contributed by atoms with Crippen LogP contribution in [0.2, 0.25) is 0 Å². The summed E-state index contributed by atoms with van der Waals surface area (Å²) in [6, 6.07) is 17.2. The predicted molar refractivity (Wildman–Crippen MR) is 93.0 cm³/mol. The van der Waals surface area contributed by atoms with Crippen molar-refractivity contribution in [3.63, 3.8) is 0 Å². The molecule has 1 aliphatic carbocycles. The lowest BCUT2D eigenvalue weighted by Crippen LogP contribution is -2.31. The second-order valence-corrected chi connectivity index (χ2v) is 7.10. The molecular weight excluding hydrogens is 352 g/mol. The molecular formula is C19H17BrN2O. The van der Waals surface area contributed by atoms with Crippen molar-refractivity contribution >= 4 is 21.8 Å². The topological polar surface area (TPSA) is 52.9 Å². The van der Waals surface area contributed by atoms with Gasteiger partial charge in [0.1, 0.15) is 0 Å². The molecule has 0 aromatic heterocycles. The van der Waals surface area contributed by atoms with Gasteiger partial charge in [-0.25, -0.2) is 0 Å². The summed E-state index contributed by atoms with van der Waals surface area (Å²) >= 11 is 3.50. The van der Waals surface area contributed by atoms with E-state index < -0.39 is 0 Å². The van der Waals surface area contributed by atoms with Crippen LogP contribution in [0, 0.1) is 16.7 Å². The number of rotatable bonds is 5. The summed E-state index contributed by atoms with van der Waals surface area (Å²) in [5.41, 5.74) is 2.52. The molecule has 1 amide bonds. The smallest absolute Gasteiger partial charge is 0.251 e. The second kappa shape index (κ2) is 6.55. The fraction of sp³-hybridized carbons (Fsp3) is 0.263. The van der Waals surface area contributed by atoms with E-state index in [0.717, 1.165) is 23.7 Å². The summed E-state index contributed by atoms with van der Waals surface area (Å²) in [5.74, 6) is -0.109. The average Bonchev–Trinajstić information content (AvgIpc) is 3.32. The van der Waals surface area contributed by atoms with E-state index in [1.165, 1.54) is 5.56 Å². The number of benzene rings is 2. The third-order valence-electron chi connectivity index (χ3n) is 4.30. The number of hydrogen-bond acceptors (Lipinski definition) is 2. The van der Waals surface area contributed by atoms with Crippen molar-refractivity contribution in [2.75, 3.05) is 6.54 Å². The summed E-state index contributed by atoms with van der Waals surface area (Å²) in [6.07, 6.45) is 3.25. The Labute approximate surface area is 144 Å². The Morgan fingerprint density at radius 1 is 1.22 bits per heavy atom. The molecule has 116 valence electrons. The molecule has 0 aliphatic heterocycles. The van der Waals surface area contributed by atoms with Gasteiger partial charge in [0.15, 0.2) is 0 Å². The molecule has 3 rings (SSSR count). The van der Waals surface area contributed by atoms with Crippen LogP contribution >= 0.6 is 15.9 Å². The normalized spacial score (nSPS) is 14.8. The minimum atomic E-state index is -0.109. The lowest BCUT2D eigenvalue weighted by atomic mass is 9.96. The number of halogens is 1. The summed E-state index contributed by atoms with van der Waals surface area (Å²) in [5, 5.41) is 11.9. The first-order valence-electron chi connectivity index (χ1n) is 7.63. The molecule has 1 saturated carbocycles. The highest BCUT2D eigenvalue weighted by atomic mass is 79.9. The van der Waals surface area contributed by atoms with Crippen LogP contribution in [0.25, 0.3) is 0 Å². The van der Waals surface area contributed by atoms with Crippen molar-refractivity contribution in [2.24, 2.45) is 5.41 Å². The molecule has 1 fully saturated rings. The molecule has 3 nitrogen and oxygen atoms in total. The van der Waals surface area contributed by atoms with Crippen molar-refractivity contribution in [1.29, 1.82) is 5.26 Å². The molecule has 0 heterocycles. The first kappa shape index (κ1) is 15.8. The maximum absolute atomic E-state index is 12.3. The number of nitrogens with zero attached hydrogens (tertiary/aromatic N) is 1. The highest BCUT2D eigenvalue weighted by Gasteiger charge is 2.42. The van der Waals surface area contributed by atoms with E-state index >= 15 is 0 Å². The van der Waals surface area contributed by atoms with E-state index in [1.54, 1.807) is 24.3 Å². The highest BCUT2D eigenvalue weighted by Crippen LogP contribution is 2.48. The molecule has 1 N–H and O–H groups in total. The molecule has 23 heavy (non-hydrogen) atoms. The lowest BCUT2D eigenvalue weighted by molar-refractivity contribution is 0.0944. The van der Waals surface area contributed by atoms with Crippen molar-refractivity contribution < 1.29 is 4.79 Å². The Kier molecular flexibility index (Phi) is 4.49. The van der Waals surface area contributed by atoms with Crippen LogP contribution in [-0.4, -0.2) is 12.5 Å². The average molecular weight is 369 g/mol. The summed E-state index contributed by atoms with van der Waals surface area (Å²) in [7, 11) is 0. The fourth-order valence-electron chi connectivity index (χ4n) is 2.77. The molecule has 0 bridgehead atoms. The third-order valence-corrected chi connectivity index (χ3v) is 4.80. The minimum Gasteiger partial charge on any atom is -0.351 e. The van der Waals surface area contributed by atoms with E-state index in [2.05, 4.69) is 39.4 Å². The number of hydrogen-bond donors (Lipinski definition) is 1. The van der Waals surface area contributed by atoms with Crippen molar-refractivity contribution in [3.05, 3.63) is 69.7 Å². The number of nitrogens with one attached hydrogen (secondary N) is 1. The number of carbonyl (C=O) groups excluding carboxylic acids is 1. The molecule has 0 spiro atoms. The fourth-order valence-corrected chi connectivity index (χ4v) is 3.22. The van der Waals surface area contributed by atoms with E-state index in [9.17, 15) is 4.79 Å². The Morgan fingerprint density at radius 2 is 2.00 bits per heavy atom. The standard InChI is InChI=1S/C19H17BrN2O/c20-17-6-2-3-14(10-17)11-19(7-8-19)13-22-18(23)16-5-1-4-15(9-16)12-21/h1-6,9-10H,7-8,11,13H2,(H,22,23). The van der Waals surface area contributed by atoms with Crippen molar-refractivity contribution in [3.8, 4) is 6.07 Å². The Hall–Kier alpha value is -2.12. The molecule has 2 aromatic carbocycles. The maximum atomic E-state index is 12.3. The van der Waals surface area contributed by atoms with Gasteiger partial charge in [-0.05, 0) is 60.6 Å². The van der Waals surface area contributed by atoms with Crippen LogP contribution in [-0.2, 0) is 6.42 Å². The van der Waals surface area contributed by atoms with Crippen LogP contribution in [0.5, 0.6) is 0 Å². The van der Waals surface area contributed by atoms with Crippen LogP contribution in [0.15, 0.2) is 53.0 Å². The zero-order chi connectivity index (χ0) is 16.3. The molecule has 0 atom stereocenters. The number of amides is 1. The molecule has 1 aliphatic rings. The molecule has 4 heteroatoms. The third kappa shape index (κ3) is 4.00. The number of nitriles is 1. The SMILES string of the molecule is N#Cc1cccc(C(=O)NCC2(Cc3cccc(Br)c3)CC2)c1. The monoisotopic (exact) mass is 368 g/mol. The van der Waals surface area contributed by atoms with Crippen LogP contribution in [0.1, 0.15) is 34.3 Å². The van der Waals surface area contributed by atoms with Crippen molar-refractivity contribution in [1.82, 2.24) is 5.32 Å². The largest absolute Gasteiger partial charge is 0.351 e. The van der Waals surface area contributed by atoms with Gasteiger partial charge in [0.25, 0.3) is 5.91 Å². The van der Waals surface area contributed by atoms with Gasteiger partial charge in [0, 0.05) is 16.6 Å². The van der Waals surface area contributed by atoms with Gasteiger partial charge >= 0.3 is 0 Å². The van der Waals surface area contributed by atoms with E-state index in [4.69, 9.17) is 5.26 Å². The van der Waals surface area contributed by atoms with Gasteiger partial charge in [-0.3, -0.25) is 4.79 Å². The van der Waals surface area contributed by atoms with Gasteiger partial charge in [-0.15, -0.1) is 0 Å². The second-order valence-electron chi connectivity index (χ2n) is 6.18. The molecule has 0 saturated heterocycles. The lowest BCUT2D eigenvalue weighted by Gasteiger charge is -2.16. The van der Waals surface area contributed by atoms with Crippen molar-refractivity contribution in [2.45, 2.75) is 19.3 Å². The van der Waals surface area contributed by atoms with Crippen LogP contribution in [0.3, 0.4) is 0 Å². The van der Waals surface area contributed by atoms with Gasteiger partial charge in [-0.2, -0.15) is 5.26 Å². The highest BCUT2D eigenvalue weighted by molar-refractivity contribution is 9.10. The quantitative estimate of drug-likeness (QED) is 0.864. The Morgan fingerprint density at radius 3 is 2.70 bits per heavy atom. The first-order chi connectivity index (χ1) is 11.1. The zero-order valence-corrected chi connectivity index (χ0v) is 14.3.